The highest BCUT2D eigenvalue weighted by Gasteiger charge is 2.31. The van der Waals surface area contributed by atoms with Gasteiger partial charge in [-0.2, -0.15) is 13.2 Å². The number of halogens is 3. The third kappa shape index (κ3) is 1.65. The van der Waals surface area contributed by atoms with Gasteiger partial charge in [-0.15, -0.1) is 10.2 Å². The van der Waals surface area contributed by atoms with Gasteiger partial charge < -0.3 is 5.11 Å². The first-order chi connectivity index (χ1) is 7.02. The maximum Gasteiger partial charge on any atom is 0.417 e. The van der Waals surface area contributed by atoms with E-state index in [9.17, 15) is 13.2 Å². The van der Waals surface area contributed by atoms with Crippen LogP contribution in [-0.4, -0.2) is 19.7 Å². The Balaban J connectivity index is 2.63. The minimum absolute atomic E-state index is 0.0797. The van der Waals surface area contributed by atoms with Gasteiger partial charge in [-0.3, -0.25) is 4.40 Å². The molecule has 0 amide bonds. The lowest BCUT2D eigenvalue weighted by Gasteiger charge is -2.06. The first-order valence-electron chi connectivity index (χ1n) is 4.04. The summed E-state index contributed by atoms with van der Waals surface area (Å²) in [5, 5.41) is 15.9. The van der Waals surface area contributed by atoms with E-state index in [1.807, 2.05) is 0 Å². The van der Waals surface area contributed by atoms with E-state index in [-0.39, 0.29) is 11.5 Å². The lowest BCUT2D eigenvalue weighted by atomic mass is 10.3. The first kappa shape index (κ1) is 9.91. The maximum absolute atomic E-state index is 12.3. The predicted octanol–water partition coefficient (Wildman–Crippen LogP) is 1.24. The lowest BCUT2D eigenvalue weighted by Crippen LogP contribution is -2.07. The third-order valence-electron chi connectivity index (χ3n) is 1.94. The number of aliphatic hydroxyl groups excluding tert-OH is 1. The second-order valence-corrected chi connectivity index (χ2v) is 2.92. The monoisotopic (exact) mass is 217 g/mol. The van der Waals surface area contributed by atoms with Crippen molar-refractivity contribution in [3.05, 3.63) is 29.7 Å². The molecule has 7 heteroatoms. The van der Waals surface area contributed by atoms with Crippen LogP contribution < -0.4 is 0 Å². The fourth-order valence-corrected chi connectivity index (χ4v) is 1.21. The van der Waals surface area contributed by atoms with E-state index in [4.69, 9.17) is 5.11 Å². The van der Waals surface area contributed by atoms with E-state index >= 15 is 0 Å². The molecule has 0 aromatic carbocycles. The quantitative estimate of drug-likeness (QED) is 0.781. The number of rotatable bonds is 1. The van der Waals surface area contributed by atoms with Gasteiger partial charge in [0.2, 0.25) is 0 Å². The molecule has 0 atom stereocenters. The number of aliphatic hydroxyl groups is 1. The van der Waals surface area contributed by atoms with Gasteiger partial charge in [-0.1, -0.05) is 0 Å². The SMILES string of the molecule is OCc1nnc2ccc(C(F)(F)F)cn12. The van der Waals surface area contributed by atoms with Crippen LogP contribution in [-0.2, 0) is 12.8 Å². The highest BCUT2D eigenvalue weighted by molar-refractivity contribution is 5.40. The van der Waals surface area contributed by atoms with Crippen molar-refractivity contribution in [1.82, 2.24) is 14.6 Å². The number of hydrogen-bond donors (Lipinski definition) is 1. The number of fused-ring (bicyclic) bond motifs is 1. The second-order valence-electron chi connectivity index (χ2n) is 2.92. The van der Waals surface area contributed by atoms with Gasteiger partial charge in [0.15, 0.2) is 11.5 Å². The van der Waals surface area contributed by atoms with Crippen molar-refractivity contribution < 1.29 is 18.3 Å². The Labute approximate surface area is 82.0 Å². The van der Waals surface area contributed by atoms with Crippen LogP contribution in [0.2, 0.25) is 0 Å². The Morgan fingerprint density at radius 2 is 2.00 bits per heavy atom. The van der Waals surface area contributed by atoms with Crippen molar-refractivity contribution in [2.24, 2.45) is 0 Å². The van der Waals surface area contributed by atoms with Gasteiger partial charge in [0.1, 0.15) is 6.61 Å². The average molecular weight is 217 g/mol. The van der Waals surface area contributed by atoms with Gasteiger partial charge in [0, 0.05) is 6.20 Å². The molecule has 15 heavy (non-hydrogen) atoms. The van der Waals surface area contributed by atoms with Crippen molar-refractivity contribution in [2.45, 2.75) is 12.8 Å². The number of pyridine rings is 1. The first-order valence-corrected chi connectivity index (χ1v) is 4.04. The van der Waals surface area contributed by atoms with Gasteiger partial charge >= 0.3 is 6.18 Å². The molecule has 0 aliphatic heterocycles. The molecule has 0 unspecified atom stereocenters. The standard InChI is InChI=1S/C8H6F3N3O/c9-8(10,11)5-1-2-6-12-13-7(4-15)14(6)3-5/h1-3,15H,4H2. The molecule has 0 saturated heterocycles. The van der Waals surface area contributed by atoms with E-state index in [0.717, 1.165) is 16.7 Å². The molecule has 0 aliphatic rings. The minimum Gasteiger partial charge on any atom is -0.388 e. The topological polar surface area (TPSA) is 50.4 Å². The van der Waals surface area contributed by atoms with Crippen molar-refractivity contribution in [3.8, 4) is 0 Å². The predicted molar refractivity (Wildman–Crippen MR) is 43.9 cm³/mol. The van der Waals surface area contributed by atoms with Crippen molar-refractivity contribution in [3.63, 3.8) is 0 Å². The van der Waals surface area contributed by atoms with Gasteiger partial charge in [0.25, 0.3) is 0 Å². The molecule has 4 nitrogen and oxygen atoms in total. The van der Waals surface area contributed by atoms with E-state index < -0.39 is 18.3 Å². The van der Waals surface area contributed by atoms with Crippen LogP contribution in [0.4, 0.5) is 13.2 Å². The van der Waals surface area contributed by atoms with Crippen LogP contribution in [0, 0.1) is 0 Å². The lowest BCUT2D eigenvalue weighted by molar-refractivity contribution is -0.137. The molecule has 0 spiro atoms. The summed E-state index contributed by atoms with van der Waals surface area (Å²) in [4.78, 5) is 0. The Morgan fingerprint density at radius 3 is 2.60 bits per heavy atom. The highest BCUT2D eigenvalue weighted by Crippen LogP contribution is 2.29. The molecule has 0 radical (unpaired) electrons. The number of hydrogen-bond acceptors (Lipinski definition) is 3. The molecule has 80 valence electrons. The molecule has 2 aromatic rings. The molecular weight excluding hydrogens is 211 g/mol. The van der Waals surface area contributed by atoms with E-state index in [0.29, 0.717) is 0 Å². The molecule has 2 aromatic heterocycles. The Bertz CT molecular complexity index is 491. The Kier molecular flexibility index (Phi) is 2.11. The van der Waals surface area contributed by atoms with Crippen LogP contribution in [0.5, 0.6) is 0 Å². The van der Waals surface area contributed by atoms with Crippen molar-refractivity contribution in [2.75, 3.05) is 0 Å². The zero-order valence-corrected chi connectivity index (χ0v) is 7.36. The molecule has 0 aliphatic carbocycles. The Morgan fingerprint density at radius 1 is 1.27 bits per heavy atom. The van der Waals surface area contributed by atoms with Crippen LogP contribution in [0.1, 0.15) is 11.4 Å². The normalized spacial score (nSPS) is 12.3. The smallest absolute Gasteiger partial charge is 0.388 e. The largest absolute Gasteiger partial charge is 0.417 e. The van der Waals surface area contributed by atoms with Gasteiger partial charge in [0.05, 0.1) is 5.56 Å². The zero-order valence-electron chi connectivity index (χ0n) is 7.36. The van der Waals surface area contributed by atoms with Crippen molar-refractivity contribution >= 4 is 5.65 Å². The summed E-state index contributed by atoms with van der Waals surface area (Å²) >= 11 is 0. The minimum atomic E-state index is -4.41. The fraction of sp³-hybridized carbons (Fsp3) is 0.250. The van der Waals surface area contributed by atoms with Gasteiger partial charge in [-0.25, -0.2) is 0 Å². The summed E-state index contributed by atoms with van der Waals surface area (Å²) in [6.07, 6.45) is -3.55. The number of alkyl halides is 3. The molecular formula is C8H6F3N3O. The zero-order chi connectivity index (χ0) is 11.1. The van der Waals surface area contributed by atoms with E-state index in [1.165, 1.54) is 6.07 Å². The number of nitrogens with zero attached hydrogens (tertiary/aromatic N) is 3. The second kappa shape index (κ2) is 3.20. The molecule has 0 saturated carbocycles. The van der Waals surface area contributed by atoms with Gasteiger partial charge in [-0.05, 0) is 12.1 Å². The van der Waals surface area contributed by atoms with E-state index in [1.54, 1.807) is 0 Å². The summed E-state index contributed by atoms with van der Waals surface area (Å²) in [6.45, 7) is -0.456. The molecule has 0 fully saturated rings. The third-order valence-corrected chi connectivity index (χ3v) is 1.94. The summed E-state index contributed by atoms with van der Waals surface area (Å²) in [5.74, 6) is 0.0797. The van der Waals surface area contributed by atoms with E-state index in [2.05, 4.69) is 10.2 Å². The van der Waals surface area contributed by atoms with Crippen LogP contribution in [0.15, 0.2) is 18.3 Å². The maximum atomic E-state index is 12.3. The summed E-state index contributed by atoms with van der Waals surface area (Å²) in [5.41, 5.74) is -0.531. The average Bonchev–Trinajstić information content (AvgIpc) is 2.57. The van der Waals surface area contributed by atoms with Crippen LogP contribution in [0.25, 0.3) is 5.65 Å². The summed E-state index contributed by atoms with van der Waals surface area (Å²) < 4.78 is 38.1. The summed E-state index contributed by atoms with van der Waals surface area (Å²) in [6, 6.07) is 2.13. The van der Waals surface area contributed by atoms with Crippen molar-refractivity contribution in [1.29, 1.82) is 0 Å². The number of aromatic nitrogens is 3. The summed E-state index contributed by atoms with van der Waals surface area (Å²) in [7, 11) is 0. The molecule has 0 bridgehead atoms. The molecule has 1 N–H and O–H groups in total. The molecule has 2 rings (SSSR count). The molecule has 2 heterocycles. The van der Waals surface area contributed by atoms with Crippen LogP contribution >= 0.6 is 0 Å². The van der Waals surface area contributed by atoms with Crippen LogP contribution in [0.3, 0.4) is 0 Å². The fourth-order valence-electron chi connectivity index (χ4n) is 1.21. The Hall–Kier alpha value is -1.63. The highest BCUT2D eigenvalue weighted by atomic mass is 19.4.